The average Bonchev–Trinajstić information content (AvgIpc) is 3.19. The third-order valence-corrected chi connectivity index (χ3v) is 6.08. The Morgan fingerprint density at radius 1 is 0.909 bits per heavy atom. The zero-order valence-corrected chi connectivity index (χ0v) is 18.7. The average molecular weight is 459 g/mol. The van der Waals surface area contributed by atoms with Gasteiger partial charge in [-0.15, -0.1) is 11.8 Å². The Bertz CT molecular complexity index is 1180. The molecule has 0 spiro atoms. The van der Waals surface area contributed by atoms with Crippen molar-refractivity contribution < 1.29 is 14.4 Å². The van der Waals surface area contributed by atoms with Gasteiger partial charge in [-0.25, -0.2) is 0 Å². The zero-order valence-electron chi connectivity index (χ0n) is 17.9. The van der Waals surface area contributed by atoms with E-state index in [-0.39, 0.29) is 24.1 Å². The monoisotopic (exact) mass is 458 g/mol. The number of benzene rings is 3. The molecule has 0 aromatic heterocycles. The molecule has 0 fully saturated rings. The molecule has 4 rings (SSSR count). The number of thioether (sulfide) groups is 1. The summed E-state index contributed by atoms with van der Waals surface area (Å²) >= 11 is 1.38. The number of nitrogens with zero attached hydrogens (tertiary/aromatic N) is 2. The van der Waals surface area contributed by atoms with Gasteiger partial charge in [-0.05, 0) is 42.0 Å². The first-order valence-corrected chi connectivity index (χ1v) is 11.2. The van der Waals surface area contributed by atoms with Crippen LogP contribution in [0, 0.1) is 0 Å². The lowest BCUT2D eigenvalue weighted by Gasteiger charge is -2.17. The lowest BCUT2D eigenvalue weighted by Crippen LogP contribution is -2.33. The molecule has 8 heteroatoms. The van der Waals surface area contributed by atoms with Gasteiger partial charge in [0.15, 0.2) is 0 Å². The second-order valence-corrected chi connectivity index (χ2v) is 8.55. The van der Waals surface area contributed by atoms with Crippen LogP contribution in [-0.2, 0) is 14.4 Å². The topological polar surface area (TPSA) is 90.9 Å². The van der Waals surface area contributed by atoms with Crippen molar-refractivity contribution in [2.45, 2.75) is 23.5 Å². The molecule has 166 valence electrons. The van der Waals surface area contributed by atoms with Crippen molar-refractivity contribution in [3.05, 3.63) is 90.5 Å². The molecule has 0 saturated carbocycles. The van der Waals surface area contributed by atoms with Gasteiger partial charge in [-0.3, -0.25) is 14.4 Å². The number of rotatable bonds is 6. The van der Waals surface area contributed by atoms with Gasteiger partial charge in [0.05, 0.1) is 12.1 Å². The van der Waals surface area contributed by atoms with E-state index in [9.17, 15) is 14.4 Å². The summed E-state index contributed by atoms with van der Waals surface area (Å²) in [7, 11) is 0. The number of anilines is 2. The maximum absolute atomic E-state index is 13.3. The van der Waals surface area contributed by atoms with Crippen LogP contribution in [0.1, 0.15) is 24.2 Å². The molecule has 0 saturated heterocycles. The first kappa shape index (κ1) is 22.3. The van der Waals surface area contributed by atoms with Crippen LogP contribution in [0.4, 0.5) is 11.4 Å². The molecule has 0 radical (unpaired) electrons. The Morgan fingerprint density at radius 2 is 1.55 bits per heavy atom. The molecule has 1 aliphatic rings. The summed E-state index contributed by atoms with van der Waals surface area (Å²) in [6.45, 7) is 1.45. The van der Waals surface area contributed by atoms with Crippen molar-refractivity contribution >= 4 is 46.7 Å². The van der Waals surface area contributed by atoms with Crippen molar-refractivity contribution in [3.8, 4) is 0 Å². The molecule has 0 aliphatic carbocycles. The van der Waals surface area contributed by atoms with E-state index in [1.807, 2.05) is 60.7 Å². The van der Waals surface area contributed by atoms with E-state index >= 15 is 0 Å². The predicted molar refractivity (Wildman–Crippen MR) is 130 cm³/mol. The third-order valence-electron chi connectivity index (χ3n) is 4.81. The maximum Gasteiger partial charge on any atom is 0.255 e. The van der Waals surface area contributed by atoms with Crippen LogP contribution in [0.2, 0.25) is 0 Å². The lowest BCUT2D eigenvalue weighted by molar-refractivity contribution is -0.119. The Morgan fingerprint density at radius 3 is 2.18 bits per heavy atom. The van der Waals surface area contributed by atoms with Crippen LogP contribution in [0.3, 0.4) is 0 Å². The van der Waals surface area contributed by atoms with E-state index in [4.69, 9.17) is 0 Å². The van der Waals surface area contributed by atoms with Crippen molar-refractivity contribution in [2.24, 2.45) is 5.10 Å². The second-order valence-electron chi connectivity index (χ2n) is 7.37. The Labute approximate surface area is 195 Å². The highest BCUT2D eigenvalue weighted by Crippen LogP contribution is 2.36. The van der Waals surface area contributed by atoms with E-state index in [1.165, 1.54) is 23.7 Å². The molecule has 1 aliphatic heterocycles. The minimum Gasteiger partial charge on any atom is -0.326 e. The van der Waals surface area contributed by atoms with E-state index in [1.54, 1.807) is 24.3 Å². The predicted octanol–water partition coefficient (Wildman–Crippen LogP) is 4.35. The van der Waals surface area contributed by atoms with Crippen LogP contribution >= 0.6 is 11.8 Å². The largest absolute Gasteiger partial charge is 0.326 e. The highest BCUT2D eigenvalue weighted by molar-refractivity contribution is 8.00. The number of amidine groups is 1. The summed E-state index contributed by atoms with van der Waals surface area (Å²) in [5, 5.41) is 10.6. The molecule has 7 nitrogen and oxygen atoms in total. The zero-order chi connectivity index (χ0) is 23.2. The van der Waals surface area contributed by atoms with E-state index in [0.29, 0.717) is 17.2 Å². The first-order valence-electron chi connectivity index (χ1n) is 10.4. The summed E-state index contributed by atoms with van der Waals surface area (Å²) in [5.41, 5.74) is 2.17. The van der Waals surface area contributed by atoms with Gasteiger partial charge >= 0.3 is 0 Å². The SMILES string of the molecule is CC(=O)Nc1ccc(SC(C(=O)NC2=NN(c3ccccc3)C(=O)C2)c2ccccc2)cc1. The number of hydrogen-bond donors (Lipinski definition) is 2. The first-order chi connectivity index (χ1) is 16.0. The van der Waals surface area contributed by atoms with Gasteiger partial charge in [-0.2, -0.15) is 10.1 Å². The molecule has 3 aromatic rings. The molecule has 3 aromatic carbocycles. The molecular weight excluding hydrogens is 436 g/mol. The van der Waals surface area contributed by atoms with E-state index < -0.39 is 5.25 Å². The quantitative estimate of drug-likeness (QED) is 0.538. The molecule has 1 unspecified atom stereocenters. The Hall–Kier alpha value is -3.91. The summed E-state index contributed by atoms with van der Waals surface area (Å²) in [6.07, 6.45) is 0.0260. The molecule has 3 amide bonds. The standard InChI is InChI=1S/C25H22N4O3S/c1-17(30)26-19-12-14-21(15-13-19)33-24(18-8-4-2-5-9-18)25(32)27-22-16-23(31)29(28-22)20-10-6-3-7-11-20/h2-15,24H,16H2,1H3,(H,26,30)(H,27,28,32). The summed E-state index contributed by atoms with van der Waals surface area (Å²) in [5.74, 6) is -0.294. The highest BCUT2D eigenvalue weighted by atomic mass is 32.2. The van der Waals surface area contributed by atoms with Crippen LogP contribution in [0.5, 0.6) is 0 Å². The normalized spacial score (nSPS) is 13.9. The van der Waals surface area contributed by atoms with E-state index in [0.717, 1.165) is 10.5 Å². The Kier molecular flexibility index (Phi) is 6.85. The Balaban J connectivity index is 1.52. The minimum absolute atomic E-state index is 0.0260. The van der Waals surface area contributed by atoms with Crippen molar-refractivity contribution in [3.63, 3.8) is 0 Å². The molecule has 33 heavy (non-hydrogen) atoms. The summed E-state index contributed by atoms with van der Waals surface area (Å²) in [6, 6.07) is 25.8. The molecular formula is C25H22N4O3S. The minimum atomic E-state index is -0.554. The lowest BCUT2D eigenvalue weighted by atomic mass is 10.1. The van der Waals surface area contributed by atoms with Gasteiger partial charge in [0.25, 0.3) is 5.91 Å². The van der Waals surface area contributed by atoms with Crippen LogP contribution in [0.15, 0.2) is 94.9 Å². The number of para-hydroxylation sites is 1. The van der Waals surface area contributed by atoms with Gasteiger partial charge in [0.2, 0.25) is 11.8 Å². The number of hydrazone groups is 1. The molecule has 1 atom stereocenters. The van der Waals surface area contributed by atoms with Crippen LogP contribution in [-0.4, -0.2) is 23.6 Å². The second kappa shape index (κ2) is 10.1. The number of carbonyl (C=O) groups is 3. The summed E-state index contributed by atoms with van der Waals surface area (Å²) < 4.78 is 0. The van der Waals surface area contributed by atoms with Gasteiger partial charge in [-0.1, -0.05) is 48.5 Å². The van der Waals surface area contributed by atoms with Crippen molar-refractivity contribution in [1.82, 2.24) is 5.32 Å². The molecule has 0 bridgehead atoms. The number of carbonyl (C=O) groups excluding carboxylic acids is 3. The van der Waals surface area contributed by atoms with E-state index in [2.05, 4.69) is 15.7 Å². The van der Waals surface area contributed by atoms with Gasteiger partial charge < -0.3 is 10.6 Å². The van der Waals surface area contributed by atoms with Gasteiger partial charge in [0.1, 0.15) is 11.1 Å². The number of amides is 3. The maximum atomic E-state index is 13.3. The molecule has 2 N–H and O–H groups in total. The smallest absolute Gasteiger partial charge is 0.255 e. The fraction of sp³-hybridized carbons (Fsp3) is 0.120. The molecule has 1 heterocycles. The van der Waals surface area contributed by atoms with Crippen molar-refractivity contribution in [2.75, 3.05) is 10.3 Å². The van der Waals surface area contributed by atoms with Crippen LogP contribution < -0.4 is 15.6 Å². The van der Waals surface area contributed by atoms with Crippen molar-refractivity contribution in [1.29, 1.82) is 0 Å². The fourth-order valence-corrected chi connectivity index (χ4v) is 4.36. The highest BCUT2D eigenvalue weighted by Gasteiger charge is 2.29. The number of nitrogens with one attached hydrogen (secondary N) is 2. The fourth-order valence-electron chi connectivity index (χ4n) is 3.33. The number of hydrogen-bond acceptors (Lipinski definition) is 5. The van der Waals surface area contributed by atoms with Crippen LogP contribution in [0.25, 0.3) is 0 Å². The van der Waals surface area contributed by atoms with Gasteiger partial charge in [0, 0.05) is 17.5 Å². The third kappa shape index (κ3) is 5.67. The summed E-state index contributed by atoms with van der Waals surface area (Å²) in [4.78, 5) is 37.8.